The van der Waals surface area contributed by atoms with Crippen LogP contribution in [0.2, 0.25) is 0 Å². The molecule has 0 amide bonds. The summed E-state index contributed by atoms with van der Waals surface area (Å²) in [6.45, 7) is 8.79. The lowest BCUT2D eigenvalue weighted by Gasteiger charge is -2.17. The third-order valence-corrected chi connectivity index (χ3v) is 10.2. The van der Waals surface area contributed by atoms with Crippen molar-refractivity contribution in [1.29, 1.82) is 0 Å². The van der Waals surface area contributed by atoms with E-state index < -0.39 is 0 Å². The van der Waals surface area contributed by atoms with Crippen LogP contribution in [0.25, 0.3) is 84.4 Å². The minimum Gasteiger partial charge on any atom is -0.256 e. The maximum absolute atomic E-state index is 5.49. The van der Waals surface area contributed by atoms with Crippen LogP contribution in [0.15, 0.2) is 201 Å². The lowest BCUT2D eigenvalue weighted by Crippen LogP contribution is -2.01. The average molecular weight is 750 g/mol. The molecular weight excluding hydrogens is 707 g/mol. The van der Waals surface area contributed by atoms with E-state index in [-0.39, 0.29) is 0 Å². The predicted octanol–water partition coefficient (Wildman–Crippen LogP) is 13.5. The van der Waals surface area contributed by atoms with Crippen molar-refractivity contribution in [3.05, 3.63) is 207 Å². The van der Waals surface area contributed by atoms with Gasteiger partial charge in [0, 0.05) is 40.2 Å². The first-order valence-electron chi connectivity index (χ1n) is 19.7. The van der Waals surface area contributed by atoms with E-state index in [1.54, 1.807) is 6.20 Å². The Hall–Kier alpha value is -7.37. The third-order valence-electron chi connectivity index (χ3n) is 10.2. The highest BCUT2D eigenvalue weighted by Crippen LogP contribution is 2.39. The van der Waals surface area contributed by atoms with Crippen LogP contribution in [0.4, 0.5) is 0 Å². The van der Waals surface area contributed by atoms with E-state index in [1.165, 1.54) is 0 Å². The summed E-state index contributed by atoms with van der Waals surface area (Å²) in [5.41, 5.74) is 14.3. The highest BCUT2D eigenvalue weighted by Gasteiger charge is 2.20. The van der Waals surface area contributed by atoms with Crippen LogP contribution in [-0.4, -0.2) is 24.9 Å². The van der Waals surface area contributed by atoms with Crippen molar-refractivity contribution in [2.75, 3.05) is 0 Å². The SMILES string of the molecule is C=C(/C=C\C=C/C(C)CC)c1cc(-c2ccc(-c3nc(-c4ccccc4)c(-c4ccccc4)nc3-c3cccc(-c4ccccn4)c3)cc2)cc(-c2ccccn2)n1. The zero-order valence-electron chi connectivity index (χ0n) is 32.7. The zero-order valence-corrected chi connectivity index (χ0v) is 32.7. The lowest BCUT2D eigenvalue weighted by molar-refractivity contribution is 0.698. The predicted molar refractivity (Wildman–Crippen MR) is 240 cm³/mol. The molecule has 0 aliphatic heterocycles. The number of hydrogen-bond acceptors (Lipinski definition) is 5. The fourth-order valence-corrected chi connectivity index (χ4v) is 6.77. The van der Waals surface area contributed by atoms with Crippen LogP contribution in [0, 0.1) is 5.92 Å². The molecule has 1 atom stereocenters. The Morgan fingerprint density at radius 1 is 0.483 bits per heavy atom. The van der Waals surface area contributed by atoms with Gasteiger partial charge in [0.15, 0.2) is 0 Å². The zero-order chi connectivity index (χ0) is 39.7. The Balaban J connectivity index is 1.26. The van der Waals surface area contributed by atoms with Gasteiger partial charge in [-0.1, -0.05) is 166 Å². The molecule has 8 aromatic rings. The molecule has 0 bridgehead atoms. The molecule has 5 nitrogen and oxygen atoms in total. The number of nitrogens with zero attached hydrogens (tertiary/aromatic N) is 5. The second-order valence-electron chi connectivity index (χ2n) is 14.2. The molecule has 0 saturated carbocycles. The number of aromatic nitrogens is 5. The molecule has 4 aromatic heterocycles. The molecular formula is C53H43N5. The van der Waals surface area contributed by atoms with Crippen LogP contribution in [0.3, 0.4) is 0 Å². The monoisotopic (exact) mass is 749 g/mol. The highest BCUT2D eigenvalue weighted by molar-refractivity contribution is 5.88. The van der Waals surface area contributed by atoms with Gasteiger partial charge < -0.3 is 0 Å². The van der Waals surface area contributed by atoms with Crippen LogP contribution in [-0.2, 0) is 0 Å². The molecule has 0 saturated heterocycles. The Kier molecular flexibility index (Phi) is 11.4. The topological polar surface area (TPSA) is 64.5 Å². The minimum absolute atomic E-state index is 0.517. The number of allylic oxidation sites excluding steroid dienone is 5. The molecule has 8 rings (SSSR count). The van der Waals surface area contributed by atoms with Crippen LogP contribution < -0.4 is 0 Å². The number of pyridine rings is 3. The lowest BCUT2D eigenvalue weighted by atomic mass is 9.96. The van der Waals surface area contributed by atoms with Gasteiger partial charge in [-0.15, -0.1) is 0 Å². The van der Waals surface area contributed by atoms with E-state index in [9.17, 15) is 0 Å². The van der Waals surface area contributed by atoms with Crippen LogP contribution >= 0.6 is 0 Å². The average Bonchev–Trinajstić information content (AvgIpc) is 3.31. The normalized spacial score (nSPS) is 11.9. The standard InChI is InChI=1S/C53H43N5/c1-4-37(2)18-11-12-19-38(3)48-35-45(36-49(56-48)47-27-14-16-33-55-47)39-28-30-42(31-29-39)52-53(44-25-17-24-43(34-44)46-26-13-15-32-54-46)58-51(41-22-9-6-10-23-41)50(57-52)40-20-7-5-8-21-40/h5-37H,3-4H2,1-2H3/b18-11-,19-12-. The molecule has 4 aromatic carbocycles. The molecule has 0 spiro atoms. The molecule has 0 radical (unpaired) electrons. The van der Waals surface area contributed by atoms with Crippen molar-refractivity contribution < 1.29 is 0 Å². The van der Waals surface area contributed by atoms with E-state index in [1.807, 2.05) is 91.1 Å². The summed E-state index contributed by atoms with van der Waals surface area (Å²) in [5.74, 6) is 0.517. The maximum Gasteiger partial charge on any atom is 0.0973 e. The maximum atomic E-state index is 5.49. The van der Waals surface area contributed by atoms with Gasteiger partial charge in [-0.25, -0.2) is 15.0 Å². The quantitative estimate of drug-likeness (QED) is 0.116. The van der Waals surface area contributed by atoms with E-state index in [0.29, 0.717) is 5.92 Å². The first-order valence-corrected chi connectivity index (χ1v) is 19.7. The Morgan fingerprint density at radius 2 is 1.02 bits per heavy atom. The second-order valence-corrected chi connectivity index (χ2v) is 14.2. The molecule has 280 valence electrons. The molecule has 4 heterocycles. The minimum atomic E-state index is 0.517. The molecule has 0 aliphatic rings. The van der Waals surface area contributed by atoms with Gasteiger partial charge in [0.1, 0.15) is 0 Å². The first-order chi connectivity index (χ1) is 28.5. The summed E-state index contributed by atoms with van der Waals surface area (Å²) >= 11 is 0. The second kappa shape index (κ2) is 17.6. The van der Waals surface area contributed by atoms with E-state index in [2.05, 4.69) is 127 Å². The Labute approximate surface area is 341 Å². The van der Waals surface area contributed by atoms with Gasteiger partial charge in [0.2, 0.25) is 0 Å². The van der Waals surface area contributed by atoms with Crippen LogP contribution in [0.5, 0.6) is 0 Å². The van der Waals surface area contributed by atoms with Crippen molar-refractivity contribution >= 4 is 5.57 Å². The van der Waals surface area contributed by atoms with Gasteiger partial charge in [0.05, 0.1) is 45.6 Å². The summed E-state index contributed by atoms with van der Waals surface area (Å²) < 4.78 is 0. The van der Waals surface area contributed by atoms with Crippen molar-refractivity contribution in [2.45, 2.75) is 20.3 Å². The Morgan fingerprint density at radius 3 is 1.62 bits per heavy atom. The molecule has 0 fully saturated rings. The van der Waals surface area contributed by atoms with Gasteiger partial charge in [0.25, 0.3) is 0 Å². The smallest absolute Gasteiger partial charge is 0.0973 e. The summed E-state index contributed by atoms with van der Waals surface area (Å²) in [6.07, 6.45) is 13.1. The van der Waals surface area contributed by atoms with Crippen molar-refractivity contribution in [2.24, 2.45) is 5.92 Å². The van der Waals surface area contributed by atoms with Crippen LogP contribution in [0.1, 0.15) is 26.0 Å². The molecule has 1 unspecified atom stereocenters. The van der Waals surface area contributed by atoms with Crippen molar-refractivity contribution in [3.63, 3.8) is 0 Å². The van der Waals surface area contributed by atoms with Gasteiger partial charge in [-0.2, -0.15) is 0 Å². The first kappa shape index (κ1) is 37.5. The fraction of sp³-hybridized carbons (Fsp3) is 0.0755. The molecule has 0 aliphatic carbocycles. The van der Waals surface area contributed by atoms with Crippen molar-refractivity contribution in [1.82, 2.24) is 24.9 Å². The molecule has 58 heavy (non-hydrogen) atoms. The van der Waals surface area contributed by atoms with E-state index in [0.717, 1.165) is 96.5 Å². The number of rotatable bonds is 12. The number of benzene rings is 4. The summed E-state index contributed by atoms with van der Waals surface area (Å²) in [6, 6.07) is 53.6. The van der Waals surface area contributed by atoms with Gasteiger partial charge in [-0.05, 0) is 65.1 Å². The summed E-state index contributed by atoms with van der Waals surface area (Å²) in [4.78, 5) is 25.2. The molecule has 0 N–H and O–H groups in total. The summed E-state index contributed by atoms with van der Waals surface area (Å²) in [7, 11) is 0. The van der Waals surface area contributed by atoms with Gasteiger partial charge in [-0.3, -0.25) is 9.97 Å². The number of hydrogen-bond donors (Lipinski definition) is 0. The van der Waals surface area contributed by atoms with Crippen molar-refractivity contribution in [3.8, 4) is 78.8 Å². The fourth-order valence-electron chi connectivity index (χ4n) is 6.77. The van der Waals surface area contributed by atoms with E-state index in [4.69, 9.17) is 15.0 Å². The third kappa shape index (κ3) is 8.54. The largest absolute Gasteiger partial charge is 0.256 e. The molecule has 5 heteroatoms. The highest BCUT2D eigenvalue weighted by atomic mass is 14.9. The Bertz CT molecular complexity index is 2710. The van der Waals surface area contributed by atoms with Gasteiger partial charge >= 0.3 is 0 Å². The summed E-state index contributed by atoms with van der Waals surface area (Å²) in [5, 5.41) is 0. The van der Waals surface area contributed by atoms with E-state index >= 15 is 0 Å².